The Kier molecular flexibility index (Phi) is 9.71. The monoisotopic (exact) mass is 558 g/mol. The number of aromatic nitrogens is 2. The number of anilines is 4. The molecule has 0 radical (unpaired) electrons. The van der Waals surface area contributed by atoms with Crippen molar-refractivity contribution in [3.05, 3.63) is 72.6 Å². The molecule has 0 unspecified atom stereocenters. The fourth-order valence-corrected chi connectivity index (χ4v) is 4.61. The van der Waals surface area contributed by atoms with Crippen LogP contribution in [0.4, 0.5) is 23.0 Å². The first-order valence-electron chi connectivity index (χ1n) is 11.3. The first kappa shape index (κ1) is 28.2. The summed E-state index contributed by atoms with van der Waals surface area (Å²) in [6.45, 7) is 7.68. The summed E-state index contributed by atoms with van der Waals surface area (Å²) in [7, 11) is 2.16. The standard InChI is InChI=1S/C26H26N6O2S.2ClH/c1-3-23(33)27-19-5-4-6-21(17-19)34-25-24-22(11-16-35-24)29-26(30-25)28-18-7-9-20(10-8-18)32-14-12-31(2)13-15-32;;/h3-11,16-17H,1,12-15H2,2H3,(H,27,33)(H,28,29,30);2*1H. The van der Waals surface area contributed by atoms with Crippen LogP contribution in [0.1, 0.15) is 0 Å². The van der Waals surface area contributed by atoms with Crippen LogP contribution in [0.5, 0.6) is 11.6 Å². The summed E-state index contributed by atoms with van der Waals surface area (Å²) in [5.41, 5.74) is 3.53. The van der Waals surface area contributed by atoms with Crippen molar-refractivity contribution in [3.63, 3.8) is 0 Å². The number of amides is 1. The average Bonchev–Trinajstić information content (AvgIpc) is 3.34. The molecule has 11 heteroatoms. The maximum absolute atomic E-state index is 11.6. The molecule has 2 aromatic heterocycles. The maximum Gasteiger partial charge on any atom is 0.247 e. The second-order valence-corrected chi connectivity index (χ2v) is 9.19. The number of halogens is 2. The van der Waals surface area contributed by atoms with Crippen LogP contribution >= 0.6 is 36.2 Å². The number of carbonyl (C=O) groups excluding carboxylic acids is 1. The fourth-order valence-electron chi connectivity index (χ4n) is 3.85. The lowest BCUT2D eigenvalue weighted by molar-refractivity contribution is -0.111. The van der Waals surface area contributed by atoms with Crippen LogP contribution in [0, 0.1) is 0 Å². The molecule has 1 saturated heterocycles. The van der Waals surface area contributed by atoms with E-state index in [2.05, 4.69) is 56.2 Å². The number of thiophene rings is 1. The Morgan fingerprint density at radius 2 is 1.78 bits per heavy atom. The second kappa shape index (κ2) is 12.7. The third kappa shape index (κ3) is 6.90. The van der Waals surface area contributed by atoms with Gasteiger partial charge in [0.15, 0.2) is 0 Å². The molecule has 1 fully saturated rings. The van der Waals surface area contributed by atoms with E-state index < -0.39 is 0 Å². The summed E-state index contributed by atoms with van der Waals surface area (Å²) in [4.78, 5) is 25.7. The highest BCUT2D eigenvalue weighted by Gasteiger charge is 2.15. The van der Waals surface area contributed by atoms with Gasteiger partial charge in [-0.25, -0.2) is 4.98 Å². The van der Waals surface area contributed by atoms with Crippen LogP contribution in [-0.4, -0.2) is 54.0 Å². The number of fused-ring (bicyclic) bond motifs is 1. The first-order valence-corrected chi connectivity index (χ1v) is 12.2. The predicted octanol–water partition coefficient (Wildman–Crippen LogP) is 5.95. The Morgan fingerprint density at radius 3 is 2.51 bits per heavy atom. The van der Waals surface area contributed by atoms with Crippen LogP contribution in [0.15, 0.2) is 72.6 Å². The number of nitrogens with one attached hydrogen (secondary N) is 2. The van der Waals surface area contributed by atoms with E-state index in [1.54, 1.807) is 12.1 Å². The van der Waals surface area contributed by atoms with Gasteiger partial charge in [0.25, 0.3) is 0 Å². The summed E-state index contributed by atoms with van der Waals surface area (Å²) >= 11 is 1.51. The number of rotatable bonds is 7. The smallest absolute Gasteiger partial charge is 0.247 e. The molecule has 0 aliphatic carbocycles. The van der Waals surface area contributed by atoms with Gasteiger partial charge in [0.05, 0.1) is 5.52 Å². The molecule has 0 atom stereocenters. The van der Waals surface area contributed by atoms with Crippen molar-refractivity contribution < 1.29 is 9.53 Å². The van der Waals surface area contributed by atoms with Crippen molar-refractivity contribution in [3.8, 4) is 11.6 Å². The van der Waals surface area contributed by atoms with E-state index >= 15 is 0 Å². The molecule has 194 valence electrons. The highest BCUT2D eigenvalue weighted by molar-refractivity contribution is 7.17. The number of hydrogen-bond donors (Lipinski definition) is 2. The number of nitrogens with zero attached hydrogens (tertiary/aromatic N) is 4. The van der Waals surface area contributed by atoms with Crippen LogP contribution in [0.25, 0.3) is 10.2 Å². The lowest BCUT2D eigenvalue weighted by Gasteiger charge is -2.34. The zero-order valence-corrected chi connectivity index (χ0v) is 22.7. The van der Waals surface area contributed by atoms with Crippen LogP contribution < -0.4 is 20.3 Å². The number of ether oxygens (including phenoxy) is 1. The minimum atomic E-state index is -0.282. The largest absolute Gasteiger partial charge is 0.437 e. The first-order chi connectivity index (χ1) is 17.1. The summed E-state index contributed by atoms with van der Waals surface area (Å²) < 4.78 is 6.97. The van der Waals surface area contributed by atoms with E-state index in [4.69, 9.17) is 4.74 Å². The Bertz CT molecular complexity index is 1360. The van der Waals surface area contributed by atoms with Crippen molar-refractivity contribution >= 4 is 75.3 Å². The molecule has 37 heavy (non-hydrogen) atoms. The molecule has 0 bridgehead atoms. The van der Waals surface area contributed by atoms with Gasteiger partial charge in [-0.05, 0) is 61.0 Å². The van der Waals surface area contributed by atoms with Crippen LogP contribution in [0.2, 0.25) is 0 Å². The quantitative estimate of drug-likeness (QED) is 0.271. The summed E-state index contributed by atoms with van der Waals surface area (Å²) in [6.07, 6.45) is 1.22. The van der Waals surface area contributed by atoms with Crippen molar-refractivity contribution in [2.45, 2.75) is 0 Å². The number of carbonyl (C=O) groups is 1. The zero-order chi connectivity index (χ0) is 24.2. The highest BCUT2D eigenvalue weighted by Crippen LogP contribution is 2.34. The Hall–Kier alpha value is -3.37. The molecule has 1 amide bonds. The molecule has 2 aromatic carbocycles. The minimum Gasteiger partial charge on any atom is -0.437 e. The molecule has 0 saturated carbocycles. The number of benzene rings is 2. The number of hydrogen-bond acceptors (Lipinski definition) is 8. The van der Waals surface area contributed by atoms with E-state index in [0.717, 1.165) is 42.1 Å². The van der Waals surface area contributed by atoms with Gasteiger partial charge in [-0.3, -0.25) is 4.79 Å². The topological polar surface area (TPSA) is 82.6 Å². The molecular formula is C26H28Cl2N6O2S. The third-order valence-corrected chi connectivity index (χ3v) is 6.66. The van der Waals surface area contributed by atoms with E-state index in [9.17, 15) is 4.79 Å². The normalized spacial score (nSPS) is 13.3. The van der Waals surface area contributed by atoms with Gasteiger partial charge in [-0.1, -0.05) is 12.6 Å². The van der Waals surface area contributed by atoms with E-state index in [1.807, 2.05) is 35.7 Å². The van der Waals surface area contributed by atoms with Gasteiger partial charge >= 0.3 is 0 Å². The number of likely N-dealkylation sites (N-methyl/N-ethyl adjacent to an activating group) is 1. The van der Waals surface area contributed by atoms with Crippen molar-refractivity contribution in [2.24, 2.45) is 0 Å². The van der Waals surface area contributed by atoms with Gasteiger partial charge in [-0.15, -0.1) is 36.2 Å². The summed E-state index contributed by atoms with van der Waals surface area (Å²) in [5.74, 6) is 1.18. The molecule has 4 aromatic rings. The SMILES string of the molecule is C=CC(=O)Nc1cccc(Oc2nc(Nc3ccc(N4CCN(C)CC4)cc3)nc3ccsc23)c1.Cl.Cl. The average molecular weight is 560 g/mol. The zero-order valence-electron chi connectivity index (χ0n) is 20.2. The number of piperazine rings is 1. The summed E-state index contributed by atoms with van der Waals surface area (Å²) in [6, 6.07) is 17.4. The fraction of sp³-hybridized carbons (Fsp3) is 0.192. The van der Waals surface area contributed by atoms with Gasteiger partial charge in [-0.2, -0.15) is 4.98 Å². The lowest BCUT2D eigenvalue weighted by atomic mass is 10.2. The predicted molar refractivity (Wildman–Crippen MR) is 157 cm³/mol. The van der Waals surface area contributed by atoms with Crippen molar-refractivity contribution in [2.75, 3.05) is 48.8 Å². The molecule has 1 aliphatic rings. The van der Waals surface area contributed by atoms with Gasteiger partial charge in [0.2, 0.25) is 17.7 Å². The van der Waals surface area contributed by atoms with Crippen molar-refractivity contribution in [1.82, 2.24) is 14.9 Å². The van der Waals surface area contributed by atoms with Gasteiger partial charge in [0.1, 0.15) is 10.4 Å². The molecule has 3 heterocycles. The van der Waals surface area contributed by atoms with Gasteiger partial charge in [0, 0.05) is 49.3 Å². The Balaban J connectivity index is 0.00000190. The molecule has 1 aliphatic heterocycles. The van der Waals surface area contributed by atoms with Crippen molar-refractivity contribution in [1.29, 1.82) is 0 Å². The maximum atomic E-state index is 11.6. The van der Waals surface area contributed by atoms with Gasteiger partial charge < -0.3 is 25.2 Å². The Labute approximate surface area is 232 Å². The molecule has 2 N–H and O–H groups in total. The molecule has 0 spiro atoms. The molecular weight excluding hydrogens is 531 g/mol. The van der Waals surface area contributed by atoms with E-state index in [0.29, 0.717) is 23.3 Å². The molecule has 5 rings (SSSR count). The Morgan fingerprint density at radius 1 is 1.03 bits per heavy atom. The minimum absolute atomic E-state index is 0. The highest BCUT2D eigenvalue weighted by atomic mass is 35.5. The van der Waals surface area contributed by atoms with E-state index in [1.165, 1.54) is 23.1 Å². The third-order valence-electron chi connectivity index (χ3n) is 5.77. The van der Waals surface area contributed by atoms with Crippen LogP contribution in [-0.2, 0) is 4.79 Å². The second-order valence-electron chi connectivity index (χ2n) is 8.27. The molecule has 8 nitrogen and oxygen atoms in total. The summed E-state index contributed by atoms with van der Waals surface area (Å²) in [5, 5.41) is 8.00. The lowest BCUT2D eigenvalue weighted by Crippen LogP contribution is -2.44. The van der Waals surface area contributed by atoms with Crippen LogP contribution in [0.3, 0.4) is 0 Å². The van der Waals surface area contributed by atoms with E-state index in [-0.39, 0.29) is 30.7 Å².